The van der Waals surface area contributed by atoms with E-state index in [2.05, 4.69) is 36.5 Å². The van der Waals surface area contributed by atoms with Crippen LogP contribution in [0.1, 0.15) is 34.2 Å². The van der Waals surface area contributed by atoms with Crippen molar-refractivity contribution < 1.29 is 13.2 Å². The number of aryl methyl sites for hydroxylation is 4. The van der Waals surface area contributed by atoms with E-state index >= 15 is 0 Å². The van der Waals surface area contributed by atoms with Crippen molar-refractivity contribution >= 4 is 33.4 Å². The first-order chi connectivity index (χ1) is 16.7. The molecule has 3 aromatic rings. The highest BCUT2D eigenvalue weighted by molar-refractivity contribution is 7.98. The van der Waals surface area contributed by atoms with E-state index in [0.717, 1.165) is 34.6 Å². The quantitative estimate of drug-likeness (QED) is 0.343. The number of nitrogens with zero attached hydrogens (tertiary/aromatic N) is 1. The summed E-state index contributed by atoms with van der Waals surface area (Å²) in [5.74, 6) is 1.53. The normalized spacial score (nSPS) is 11.3. The third kappa shape index (κ3) is 7.61. The summed E-state index contributed by atoms with van der Waals surface area (Å²) in [7, 11) is -3.90. The van der Waals surface area contributed by atoms with Crippen LogP contribution in [0.2, 0.25) is 0 Å². The van der Waals surface area contributed by atoms with Crippen molar-refractivity contribution in [3.8, 4) is 0 Å². The summed E-state index contributed by atoms with van der Waals surface area (Å²) in [6.07, 6.45) is 0.816. The van der Waals surface area contributed by atoms with Crippen LogP contribution in [0.4, 0.5) is 5.69 Å². The van der Waals surface area contributed by atoms with Crippen LogP contribution >= 0.6 is 11.8 Å². The maximum atomic E-state index is 13.5. The fourth-order valence-electron chi connectivity index (χ4n) is 3.61. The van der Waals surface area contributed by atoms with Crippen molar-refractivity contribution in [2.24, 2.45) is 0 Å². The van der Waals surface area contributed by atoms with Gasteiger partial charge in [0, 0.05) is 12.3 Å². The van der Waals surface area contributed by atoms with Crippen molar-refractivity contribution in [2.45, 2.75) is 44.8 Å². The number of amides is 1. The summed E-state index contributed by atoms with van der Waals surface area (Å²) >= 11 is 1.83. The van der Waals surface area contributed by atoms with Crippen molar-refractivity contribution in [1.82, 2.24) is 5.32 Å². The Labute approximate surface area is 214 Å². The van der Waals surface area contributed by atoms with Gasteiger partial charge in [-0.3, -0.25) is 9.10 Å². The summed E-state index contributed by atoms with van der Waals surface area (Å²) in [5, 5.41) is 2.89. The molecule has 186 valence electrons. The average Bonchev–Trinajstić information content (AvgIpc) is 2.82. The molecular weight excluding hydrogens is 476 g/mol. The minimum atomic E-state index is -3.90. The molecule has 0 saturated heterocycles. The summed E-state index contributed by atoms with van der Waals surface area (Å²) in [6, 6.07) is 20.6. The lowest BCUT2D eigenvalue weighted by atomic mass is 10.1. The average molecular weight is 511 g/mol. The van der Waals surface area contributed by atoms with E-state index in [0.29, 0.717) is 12.2 Å². The van der Waals surface area contributed by atoms with Crippen molar-refractivity contribution in [1.29, 1.82) is 0 Å². The largest absolute Gasteiger partial charge is 0.354 e. The number of rotatable bonds is 11. The third-order valence-corrected chi connectivity index (χ3v) is 8.72. The summed E-state index contributed by atoms with van der Waals surface area (Å²) < 4.78 is 28.2. The molecule has 0 saturated carbocycles. The maximum Gasteiger partial charge on any atom is 0.264 e. The monoisotopic (exact) mass is 510 g/mol. The lowest BCUT2D eigenvalue weighted by Gasteiger charge is -2.25. The van der Waals surface area contributed by atoms with E-state index < -0.39 is 10.0 Å². The molecule has 0 aromatic heterocycles. The Morgan fingerprint density at radius 1 is 0.886 bits per heavy atom. The highest BCUT2D eigenvalue weighted by Crippen LogP contribution is 2.26. The molecule has 0 radical (unpaired) electrons. The van der Waals surface area contributed by atoms with Crippen LogP contribution in [0.5, 0.6) is 0 Å². The van der Waals surface area contributed by atoms with Gasteiger partial charge in [0.2, 0.25) is 5.91 Å². The molecule has 7 heteroatoms. The van der Waals surface area contributed by atoms with Crippen LogP contribution in [-0.4, -0.2) is 33.2 Å². The topological polar surface area (TPSA) is 66.5 Å². The Morgan fingerprint density at radius 3 is 2.31 bits per heavy atom. The molecule has 3 aromatic carbocycles. The number of nitrogens with one attached hydrogen (secondary N) is 1. The van der Waals surface area contributed by atoms with Crippen molar-refractivity contribution in [3.63, 3.8) is 0 Å². The van der Waals surface area contributed by atoms with Gasteiger partial charge in [0.25, 0.3) is 10.0 Å². The van der Waals surface area contributed by atoms with Crippen LogP contribution < -0.4 is 9.62 Å². The summed E-state index contributed by atoms with van der Waals surface area (Å²) in [6.45, 7) is 8.14. The zero-order chi connectivity index (χ0) is 25.4. The van der Waals surface area contributed by atoms with Crippen LogP contribution in [-0.2, 0) is 20.6 Å². The number of sulfonamides is 1. The number of thioether (sulfide) groups is 1. The van der Waals surface area contributed by atoms with Gasteiger partial charge < -0.3 is 5.32 Å². The molecule has 1 amide bonds. The van der Waals surface area contributed by atoms with Gasteiger partial charge in [-0.05, 0) is 80.8 Å². The number of hydrogen-bond acceptors (Lipinski definition) is 4. The van der Waals surface area contributed by atoms with E-state index in [1.54, 1.807) is 30.3 Å². The second kappa shape index (κ2) is 12.3. The van der Waals surface area contributed by atoms with Crippen molar-refractivity contribution in [3.05, 3.63) is 94.5 Å². The molecule has 5 nitrogen and oxygen atoms in total. The van der Waals surface area contributed by atoms with Crippen LogP contribution in [0, 0.1) is 27.7 Å². The second-order valence-electron chi connectivity index (χ2n) is 8.84. The smallest absolute Gasteiger partial charge is 0.264 e. The highest BCUT2D eigenvalue weighted by atomic mass is 32.2. The Bertz CT molecular complexity index is 1260. The Balaban J connectivity index is 1.62. The van der Waals surface area contributed by atoms with Crippen LogP contribution in [0.3, 0.4) is 0 Å². The summed E-state index contributed by atoms with van der Waals surface area (Å²) in [4.78, 5) is 12.9. The van der Waals surface area contributed by atoms with Gasteiger partial charge in [0.05, 0.1) is 10.6 Å². The lowest BCUT2D eigenvalue weighted by Crippen LogP contribution is -2.41. The SMILES string of the molecule is Cc1ccc(S(=O)(=O)N(CC(=O)NCCCSCc2cccc(C)c2)c2ccc(C)c(C)c2)cc1. The number of hydrogen-bond donors (Lipinski definition) is 1. The molecule has 0 unspecified atom stereocenters. The zero-order valence-electron chi connectivity index (χ0n) is 20.9. The molecule has 0 heterocycles. The molecule has 0 aliphatic rings. The molecule has 0 bridgehead atoms. The second-order valence-corrected chi connectivity index (χ2v) is 11.8. The molecule has 0 aliphatic carbocycles. The van der Waals surface area contributed by atoms with Crippen LogP contribution in [0.15, 0.2) is 71.6 Å². The van der Waals surface area contributed by atoms with Gasteiger partial charge in [-0.1, -0.05) is 53.6 Å². The van der Waals surface area contributed by atoms with Gasteiger partial charge in [-0.15, -0.1) is 0 Å². The Morgan fingerprint density at radius 2 is 1.63 bits per heavy atom. The van der Waals surface area contributed by atoms with E-state index in [1.807, 2.05) is 44.7 Å². The molecule has 0 atom stereocenters. The van der Waals surface area contributed by atoms with Gasteiger partial charge in [-0.2, -0.15) is 11.8 Å². The lowest BCUT2D eigenvalue weighted by molar-refractivity contribution is -0.119. The molecule has 0 spiro atoms. The third-order valence-electron chi connectivity index (χ3n) is 5.81. The fourth-order valence-corrected chi connectivity index (χ4v) is 5.93. The van der Waals surface area contributed by atoms with E-state index in [9.17, 15) is 13.2 Å². The number of carbonyl (C=O) groups excluding carboxylic acids is 1. The molecule has 3 rings (SSSR count). The first-order valence-electron chi connectivity index (χ1n) is 11.7. The first kappa shape index (κ1) is 26.8. The van der Waals surface area contributed by atoms with Gasteiger partial charge in [-0.25, -0.2) is 8.42 Å². The predicted molar refractivity (Wildman–Crippen MR) is 147 cm³/mol. The Hall–Kier alpha value is -2.77. The van der Waals surface area contributed by atoms with E-state index in [1.165, 1.54) is 15.4 Å². The minimum absolute atomic E-state index is 0.168. The predicted octanol–water partition coefficient (Wildman–Crippen LogP) is 5.56. The zero-order valence-corrected chi connectivity index (χ0v) is 22.5. The molecular formula is C28H34N2O3S2. The highest BCUT2D eigenvalue weighted by Gasteiger charge is 2.27. The van der Waals surface area contributed by atoms with Gasteiger partial charge in [0.15, 0.2) is 0 Å². The summed E-state index contributed by atoms with van der Waals surface area (Å²) in [5.41, 5.74) is 6.04. The van der Waals surface area contributed by atoms with Crippen LogP contribution in [0.25, 0.3) is 0 Å². The molecule has 35 heavy (non-hydrogen) atoms. The Kier molecular flexibility index (Phi) is 9.40. The standard InChI is InChI=1S/C28H34N2O3S2/c1-21-9-13-27(14-10-21)35(32,33)30(26-12-11-23(3)24(4)18-26)19-28(31)29-15-6-16-34-20-25-8-5-7-22(2)17-25/h5,7-14,17-18H,6,15-16,19-20H2,1-4H3,(H,29,31). The van der Waals surface area contributed by atoms with Gasteiger partial charge in [0.1, 0.15) is 6.54 Å². The van der Waals surface area contributed by atoms with E-state index in [-0.39, 0.29) is 17.3 Å². The minimum Gasteiger partial charge on any atom is -0.354 e. The number of benzene rings is 3. The number of carbonyl (C=O) groups is 1. The number of anilines is 1. The molecule has 0 aliphatic heterocycles. The first-order valence-corrected chi connectivity index (χ1v) is 14.3. The molecule has 0 fully saturated rings. The fraction of sp³-hybridized carbons (Fsp3) is 0.321. The molecule has 1 N–H and O–H groups in total. The maximum absolute atomic E-state index is 13.5. The van der Waals surface area contributed by atoms with Crippen molar-refractivity contribution in [2.75, 3.05) is 23.1 Å². The van der Waals surface area contributed by atoms with E-state index in [4.69, 9.17) is 0 Å². The van der Waals surface area contributed by atoms with Gasteiger partial charge >= 0.3 is 0 Å².